The zero-order chi connectivity index (χ0) is 35.1. The van der Waals surface area contributed by atoms with Gasteiger partial charge in [0.1, 0.15) is 62.0 Å². The molecule has 6 fully saturated rings. The van der Waals surface area contributed by atoms with Gasteiger partial charge in [-0.2, -0.15) is 0 Å². The first kappa shape index (κ1) is 37.1. The van der Waals surface area contributed by atoms with E-state index >= 15 is 0 Å². The predicted molar refractivity (Wildman–Crippen MR) is 156 cm³/mol. The summed E-state index contributed by atoms with van der Waals surface area (Å²) >= 11 is 0. The molecular formula is C31H48O18. The van der Waals surface area contributed by atoms with Crippen LogP contribution in [0, 0.1) is 11.8 Å². The van der Waals surface area contributed by atoms with E-state index in [0.29, 0.717) is 25.7 Å². The van der Waals surface area contributed by atoms with Gasteiger partial charge >= 0.3 is 11.9 Å². The smallest absolute Gasteiger partial charge is 0.335 e. The molecule has 0 aromatic heterocycles. The third-order valence-electron chi connectivity index (χ3n) is 10.8. The van der Waals surface area contributed by atoms with Crippen LogP contribution >= 0.6 is 0 Å². The van der Waals surface area contributed by atoms with Crippen molar-refractivity contribution >= 4 is 11.9 Å². The molecule has 0 radical (unpaired) electrons. The molecule has 17 atom stereocenters. The Hall–Kier alpha value is -1.62. The van der Waals surface area contributed by atoms with Crippen LogP contribution in [-0.4, -0.2) is 175 Å². The molecule has 2 aliphatic carbocycles. The zero-order valence-electron chi connectivity index (χ0n) is 26.7. The summed E-state index contributed by atoms with van der Waals surface area (Å²) in [5.41, 5.74) is 0. The number of hydrogen-bond donors (Lipinski definition) is 9. The second-order valence-electron chi connectivity index (χ2n) is 14.1. The Labute approximate surface area is 281 Å². The monoisotopic (exact) mass is 708 g/mol. The number of hydrogen-bond acceptors (Lipinski definition) is 18. The highest BCUT2D eigenvalue weighted by Crippen LogP contribution is 2.45. The maximum Gasteiger partial charge on any atom is 0.335 e. The maximum atomic E-state index is 12.5. The molecule has 0 aromatic carbocycles. The minimum Gasteiger partial charge on any atom is -0.463 e. The molecule has 0 aromatic rings. The van der Waals surface area contributed by atoms with Crippen LogP contribution in [0.25, 0.3) is 0 Å². The molecule has 9 N–H and O–H groups in total. The van der Waals surface area contributed by atoms with E-state index in [1.165, 1.54) is 0 Å². The van der Waals surface area contributed by atoms with Gasteiger partial charge in [0.05, 0.1) is 43.0 Å². The van der Waals surface area contributed by atoms with Gasteiger partial charge in [0, 0.05) is 12.3 Å². The van der Waals surface area contributed by atoms with Crippen LogP contribution in [0.2, 0.25) is 0 Å². The number of rotatable bonds is 1. The quantitative estimate of drug-likeness (QED) is 0.117. The first-order valence-electron chi connectivity index (χ1n) is 17.0. The van der Waals surface area contributed by atoms with Crippen LogP contribution in [-0.2, 0) is 42.7 Å². The second-order valence-corrected chi connectivity index (χ2v) is 14.1. The van der Waals surface area contributed by atoms with Crippen molar-refractivity contribution < 1.29 is 88.7 Å². The molecular weight excluding hydrogens is 660 g/mol. The molecule has 0 spiro atoms. The van der Waals surface area contributed by atoms with Crippen LogP contribution in [0.1, 0.15) is 51.4 Å². The van der Waals surface area contributed by atoms with Crippen molar-refractivity contribution in [2.45, 2.75) is 156 Å². The number of aliphatic hydroxyl groups is 9. The Morgan fingerprint density at radius 1 is 0.490 bits per heavy atom. The molecule has 280 valence electrons. The topological polar surface area (TPSA) is 281 Å². The van der Waals surface area contributed by atoms with E-state index in [1.807, 2.05) is 0 Å². The van der Waals surface area contributed by atoms with E-state index in [9.17, 15) is 55.5 Å². The molecule has 18 nitrogen and oxygen atoms in total. The lowest BCUT2D eigenvalue weighted by molar-refractivity contribution is -0.344. The number of esters is 2. The molecule has 4 aliphatic heterocycles. The molecule has 49 heavy (non-hydrogen) atoms. The van der Waals surface area contributed by atoms with E-state index in [2.05, 4.69) is 0 Å². The van der Waals surface area contributed by atoms with Gasteiger partial charge in [0.25, 0.3) is 0 Å². The summed E-state index contributed by atoms with van der Waals surface area (Å²) < 4.78 is 40.8. The van der Waals surface area contributed by atoms with Gasteiger partial charge in [-0.15, -0.1) is 0 Å². The molecule has 6 rings (SSSR count). The Morgan fingerprint density at radius 3 is 1.59 bits per heavy atom. The van der Waals surface area contributed by atoms with Crippen molar-refractivity contribution in [1.29, 1.82) is 0 Å². The molecule has 6 bridgehead atoms. The van der Waals surface area contributed by atoms with Gasteiger partial charge in [-0.05, 0) is 44.4 Å². The van der Waals surface area contributed by atoms with Crippen molar-refractivity contribution in [2.24, 2.45) is 11.8 Å². The van der Waals surface area contributed by atoms with Crippen molar-refractivity contribution in [3.05, 3.63) is 0 Å². The zero-order valence-corrected chi connectivity index (χ0v) is 26.7. The summed E-state index contributed by atoms with van der Waals surface area (Å²) in [5, 5.41) is 95.5. The molecule has 4 heterocycles. The summed E-state index contributed by atoms with van der Waals surface area (Å²) in [7, 11) is 0. The van der Waals surface area contributed by atoms with Gasteiger partial charge in [-0.25, -0.2) is 4.79 Å². The normalized spacial score (nSPS) is 52.0. The number of carbonyl (C=O) groups is 2. The van der Waals surface area contributed by atoms with Gasteiger partial charge in [0.15, 0.2) is 18.7 Å². The largest absolute Gasteiger partial charge is 0.463 e. The number of ether oxygens (including phenoxy) is 7. The number of fused-ring (bicyclic) bond motifs is 5. The molecule has 18 heteroatoms. The van der Waals surface area contributed by atoms with E-state index in [4.69, 9.17) is 33.2 Å². The predicted octanol–water partition coefficient (Wildman–Crippen LogP) is -4.30. The van der Waals surface area contributed by atoms with Gasteiger partial charge in [0.2, 0.25) is 0 Å². The summed E-state index contributed by atoms with van der Waals surface area (Å²) in [5.74, 6) is -2.98. The Kier molecular flexibility index (Phi) is 11.8. The average molecular weight is 709 g/mol. The fourth-order valence-electron chi connectivity index (χ4n) is 7.92. The maximum absolute atomic E-state index is 12.5. The lowest BCUT2D eigenvalue weighted by Gasteiger charge is -2.52. The van der Waals surface area contributed by atoms with Gasteiger partial charge in [-0.3, -0.25) is 4.79 Å². The third-order valence-corrected chi connectivity index (χ3v) is 10.8. The molecule has 17 unspecified atom stereocenters. The summed E-state index contributed by atoms with van der Waals surface area (Å²) in [4.78, 5) is 24.9. The van der Waals surface area contributed by atoms with Crippen LogP contribution in [0.3, 0.4) is 0 Å². The van der Waals surface area contributed by atoms with Crippen LogP contribution < -0.4 is 0 Å². The number of aliphatic hydroxyl groups excluding tert-OH is 9. The first-order chi connectivity index (χ1) is 23.3. The fourth-order valence-corrected chi connectivity index (χ4v) is 7.92. The molecule has 4 saturated heterocycles. The minimum absolute atomic E-state index is 0.0650. The summed E-state index contributed by atoms with van der Waals surface area (Å²) in [6.07, 6.45) is -20.8. The van der Waals surface area contributed by atoms with Crippen LogP contribution in [0.15, 0.2) is 0 Å². The first-order valence-corrected chi connectivity index (χ1v) is 17.0. The van der Waals surface area contributed by atoms with Crippen LogP contribution in [0.5, 0.6) is 0 Å². The lowest BCUT2D eigenvalue weighted by Crippen LogP contribution is -2.63. The lowest BCUT2D eigenvalue weighted by atomic mass is 9.73. The van der Waals surface area contributed by atoms with E-state index in [0.717, 1.165) is 0 Å². The highest BCUT2D eigenvalue weighted by atomic mass is 16.7. The Morgan fingerprint density at radius 2 is 1.00 bits per heavy atom. The Balaban J connectivity index is 1.31. The van der Waals surface area contributed by atoms with E-state index in [-0.39, 0.29) is 25.2 Å². The molecule has 2 saturated carbocycles. The third kappa shape index (κ3) is 8.07. The average Bonchev–Trinajstić information content (AvgIpc) is 3.07. The minimum atomic E-state index is -2.01. The fraction of sp³-hybridized carbons (Fsp3) is 0.935. The molecule has 6 aliphatic rings. The summed E-state index contributed by atoms with van der Waals surface area (Å²) in [6.45, 7) is -1.34. The van der Waals surface area contributed by atoms with Crippen molar-refractivity contribution in [2.75, 3.05) is 13.2 Å². The molecule has 0 amide bonds. The standard InChI is InChI=1S/C31H48O18/c32-12-3-1-11(2-4-12)28-18-7-14-16(45-28)5-13(33)6-17(14)46-30-26(40)25(39)23(37)20(49-30)10-44-29(42)15(34)8-21(35)43-9-19-22(36)24(38)27(41)31(47-18)48-19/h11-20,22-28,30-34,36-41H,1-10H2. The van der Waals surface area contributed by atoms with E-state index < -0.39 is 142 Å². The highest BCUT2D eigenvalue weighted by molar-refractivity contribution is 5.81. The Bertz CT molecular complexity index is 1140. The van der Waals surface area contributed by atoms with Crippen molar-refractivity contribution in [3.63, 3.8) is 0 Å². The summed E-state index contributed by atoms with van der Waals surface area (Å²) in [6, 6.07) is 0. The highest BCUT2D eigenvalue weighted by Gasteiger charge is 2.54. The number of cyclic esters (lactones) is 2. The van der Waals surface area contributed by atoms with Gasteiger partial charge < -0.3 is 79.1 Å². The second kappa shape index (κ2) is 15.5. The van der Waals surface area contributed by atoms with Crippen molar-refractivity contribution in [1.82, 2.24) is 0 Å². The van der Waals surface area contributed by atoms with Crippen LogP contribution in [0.4, 0.5) is 0 Å². The number of carbonyl (C=O) groups excluding carboxylic acids is 2. The SMILES string of the molecule is O=C1CC(O)C(=O)OCC2OC(OC3CC(O)CC4OC(C5CCC(O)CC5)C(CC34)OC3OC(CO1)C(O)C(O)C3O)C(O)C(O)C2O. The van der Waals surface area contributed by atoms with E-state index in [1.54, 1.807) is 0 Å². The van der Waals surface area contributed by atoms with Crippen molar-refractivity contribution in [3.8, 4) is 0 Å². The van der Waals surface area contributed by atoms with Gasteiger partial charge in [-0.1, -0.05) is 0 Å².